The van der Waals surface area contributed by atoms with Crippen LogP contribution in [0.4, 0.5) is 0 Å². The second kappa shape index (κ2) is 4.89. The smallest absolute Gasteiger partial charge is 0.264 e. The number of hydrogen-bond acceptors (Lipinski definition) is 4. The molecule has 0 radical (unpaired) electrons. The Hall–Kier alpha value is -0.420. The molecular weight excluding hydrogens is 204 g/mol. The van der Waals surface area contributed by atoms with Crippen LogP contribution in [0.5, 0.6) is 0 Å². The lowest BCUT2D eigenvalue weighted by Gasteiger charge is -2.20. The normalized spacial score (nSPS) is 19.9. The molecule has 0 aromatic carbocycles. The first-order chi connectivity index (χ1) is 6.47. The molecule has 1 aliphatic rings. The van der Waals surface area contributed by atoms with E-state index in [1.165, 1.54) is 0 Å². The van der Waals surface area contributed by atoms with Gasteiger partial charge in [-0.2, -0.15) is 8.42 Å². The monoisotopic (exact) mass is 220 g/mol. The predicted octanol–water partition coefficient (Wildman–Crippen LogP) is 1.11. The van der Waals surface area contributed by atoms with Gasteiger partial charge in [0, 0.05) is 12.8 Å². The summed E-state index contributed by atoms with van der Waals surface area (Å²) in [6.45, 7) is 0.248. The Kier molecular flexibility index (Phi) is 4.07. The lowest BCUT2D eigenvalue weighted by Crippen LogP contribution is -2.16. The van der Waals surface area contributed by atoms with E-state index >= 15 is 0 Å². The fourth-order valence-electron chi connectivity index (χ4n) is 1.65. The van der Waals surface area contributed by atoms with Crippen molar-refractivity contribution in [2.24, 2.45) is 5.92 Å². The van der Waals surface area contributed by atoms with E-state index in [1.54, 1.807) is 0 Å². The van der Waals surface area contributed by atoms with Crippen molar-refractivity contribution in [3.63, 3.8) is 0 Å². The lowest BCUT2D eigenvalue weighted by molar-refractivity contribution is -0.121. The van der Waals surface area contributed by atoms with Crippen LogP contribution in [-0.4, -0.2) is 27.1 Å². The molecule has 1 rings (SSSR count). The van der Waals surface area contributed by atoms with Gasteiger partial charge in [-0.3, -0.25) is 8.98 Å². The molecule has 0 unspecified atom stereocenters. The van der Waals surface area contributed by atoms with E-state index in [0.29, 0.717) is 24.5 Å². The summed E-state index contributed by atoms with van der Waals surface area (Å²) < 4.78 is 25.9. The van der Waals surface area contributed by atoms with Crippen LogP contribution in [0.3, 0.4) is 0 Å². The van der Waals surface area contributed by atoms with E-state index in [9.17, 15) is 13.2 Å². The highest BCUT2D eigenvalue weighted by Gasteiger charge is 2.18. The number of hydrogen-bond donors (Lipinski definition) is 0. The van der Waals surface area contributed by atoms with Gasteiger partial charge in [0.25, 0.3) is 10.1 Å². The molecule has 0 saturated heterocycles. The average molecular weight is 220 g/mol. The number of rotatable bonds is 4. The molecule has 0 atom stereocenters. The fourth-order valence-corrected chi connectivity index (χ4v) is 2.05. The van der Waals surface area contributed by atoms with E-state index in [2.05, 4.69) is 4.18 Å². The van der Waals surface area contributed by atoms with E-state index < -0.39 is 10.1 Å². The molecule has 5 heteroatoms. The van der Waals surface area contributed by atoms with E-state index in [4.69, 9.17) is 0 Å². The maximum Gasteiger partial charge on any atom is 0.264 e. The lowest BCUT2D eigenvalue weighted by atomic mass is 9.86. The molecule has 0 spiro atoms. The highest BCUT2D eigenvalue weighted by atomic mass is 32.2. The highest BCUT2D eigenvalue weighted by Crippen LogP contribution is 2.24. The molecular formula is C9H16O4S. The Morgan fingerprint density at radius 3 is 2.43 bits per heavy atom. The van der Waals surface area contributed by atoms with Gasteiger partial charge in [-0.25, -0.2) is 0 Å². The first-order valence-electron chi connectivity index (χ1n) is 4.83. The molecule has 0 aromatic rings. The average Bonchev–Trinajstić information content (AvgIpc) is 2.06. The van der Waals surface area contributed by atoms with Gasteiger partial charge in [0.05, 0.1) is 12.9 Å². The van der Waals surface area contributed by atoms with Crippen molar-refractivity contribution in [1.82, 2.24) is 0 Å². The van der Waals surface area contributed by atoms with Crippen molar-refractivity contribution in [1.29, 1.82) is 0 Å². The Labute approximate surface area is 84.8 Å². The molecule has 1 saturated carbocycles. The summed E-state index contributed by atoms with van der Waals surface area (Å²) in [5, 5.41) is 0. The van der Waals surface area contributed by atoms with Crippen LogP contribution < -0.4 is 0 Å². The van der Waals surface area contributed by atoms with Gasteiger partial charge in [0.2, 0.25) is 0 Å². The zero-order valence-electron chi connectivity index (χ0n) is 8.36. The molecule has 0 aromatic heterocycles. The first kappa shape index (κ1) is 11.7. The van der Waals surface area contributed by atoms with Gasteiger partial charge in [-0.05, 0) is 25.2 Å². The van der Waals surface area contributed by atoms with Crippen LogP contribution in [0, 0.1) is 5.92 Å². The van der Waals surface area contributed by atoms with Gasteiger partial charge in [0.15, 0.2) is 0 Å². The van der Waals surface area contributed by atoms with E-state index in [-0.39, 0.29) is 6.61 Å². The Bertz CT molecular complexity index is 284. The molecule has 0 N–H and O–H groups in total. The van der Waals surface area contributed by atoms with E-state index in [0.717, 1.165) is 25.5 Å². The largest absolute Gasteiger partial charge is 0.300 e. The molecule has 0 aliphatic heterocycles. The van der Waals surface area contributed by atoms with Crippen molar-refractivity contribution in [3.05, 3.63) is 0 Å². The third kappa shape index (κ3) is 4.72. The van der Waals surface area contributed by atoms with Crippen LogP contribution >= 0.6 is 0 Å². The minimum absolute atomic E-state index is 0.248. The molecule has 82 valence electrons. The first-order valence-corrected chi connectivity index (χ1v) is 6.65. The summed E-state index contributed by atoms with van der Waals surface area (Å²) in [4.78, 5) is 10.9. The Morgan fingerprint density at radius 1 is 1.36 bits per heavy atom. The molecule has 4 nitrogen and oxygen atoms in total. The highest BCUT2D eigenvalue weighted by molar-refractivity contribution is 7.85. The number of Topliss-reactive ketones (excluding diaryl/α,β-unsaturated/α-hetero) is 1. The summed E-state index contributed by atoms with van der Waals surface area (Å²) >= 11 is 0. The van der Waals surface area contributed by atoms with Crippen molar-refractivity contribution >= 4 is 15.9 Å². The van der Waals surface area contributed by atoms with Crippen molar-refractivity contribution in [2.45, 2.75) is 32.1 Å². The molecule has 0 amide bonds. The summed E-state index contributed by atoms with van der Waals surface area (Å²) in [5.74, 6) is 0.778. The van der Waals surface area contributed by atoms with Crippen molar-refractivity contribution in [2.75, 3.05) is 12.9 Å². The topological polar surface area (TPSA) is 60.4 Å². The minimum atomic E-state index is -3.30. The second-order valence-electron chi connectivity index (χ2n) is 3.80. The molecule has 1 fully saturated rings. The van der Waals surface area contributed by atoms with Crippen molar-refractivity contribution < 1.29 is 17.4 Å². The Morgan fingerprint density at radius 2 is 1.93 bits per heavy atom. The van der Waals surface area contributed by atoms with Crippen LogP contribution in [0.1, 0.15) is 32.1 Å². The molecule has 0 bridgehead atoms. The summed E-state index contributed by atoms with van der Waals surface area (Å²) in [6, 6.07) is 0. The van der Waals surface area contributed by atoms with Gasteiger partial charge in [-0.15, -0.1) is 0 Å². The predicted molar refractivity (Wildman–Crippen MR) is 52.4 cm³/mol. The van der Waals surface area contributed by atoms with Gasteiger partial charge in [0.1, 0.15) is 5.78 Å². The number of ketones is 1. The van der Waals surface area contributed by atoms with Crippen LogP contribution in [0.2, 0.25) is 0 Å². The SMILES string of the molecule is CS(=O)(=O)OCCC1CCC(=O)CC1. The zero-order valence-corrected chi connectivity index (χ0v) is 9.18. The maximum atomic E-state index is 10.9. The molecule has 0 heterocycles. The number of carbonyl (C=O) groups excluding carboxylic acids is 1. The zero-order chi connectivity index (χ0) is 10.6. The summed E-state index contributed by atoms with van der Waals surface area (Å²) in [7, 11) is -3.30. The third-order valence-corrected chi connectivity index (χ3v) is 3.08. The third-order valence-electron chi connectivity index (χ3n) is 2.49. The van der Waals surface area contributed by atoms with Gasteiger partial charge < -0.3 is 0 Å². The van der Waals surface area contributed by atoms with Crippen LogP contribution in [0.25, 0.3) is 0 Å². The fraction of sp³-hybridized carbons (Fsp3) is 0.889. The Balaban J connectivity index is 2.17. The standard InChI is InChI=1S/C9H16O4S/c1-14(11,12)13-7-6-8-2-4-9(10)5-3-8/h8H,2-7H2,1H3. The van der Waals surface area contributed by atoms with Gasteiger partial charge in [-0.1, -0.05) is 0 Å². The van der Waals surface area contributed by atoms with Crippen LogP contribution in [-0.2, 0) is 19.1 Å². The summed E-state index contributed by atoms with van der Waals surface area (Å²) in [5.41, 5.74) is 0. The van der Waals surface area contributed by atoms with Crippen molar-refractivity contribution in [3.8, 4) is 0 Å². The molecule has 1 aliphatic carbocycles. The second-order valence-corrected chi connectivity index (χ2v) is 5.44. The van der Waals surface area contributed by atoms with E-state index in [1.807, 2.05) is 0 Å². The molecule has 14 heavy (non-hydrogen) atoms. The quantitative estimate of drug-likeness (QED) is 0.666. The maximum absolute atomic E-state index is 10.9. The summed E-state index contributed by atoms with van der Waals surface area (Å²) in [6.07, 6.45) is 4.84. The number of carbonyl (C=O) groups is 1. The van der Waals surface area contributed by atoms with Crippen LogP contribution in [0.15, 0.2) is 0 Å². The minimum Gasteiger partial charge on any atom is -0.300 e. The van der Waals surface area contributed by atoms with Gasteiger partial charge >= 0.3 is 0 Å².